The first-order chi connectivity index (χ1) is 29.8. The Labute approximate surface area is 366 Å². The Bertz CT molecular complexity index is 3190. The molecular weight excluding hydrogens is 751 g/mol. The second kappa shape index (κ2) is 13.4. The molecule has 0 saturated carbocycles. The molecule has 0 bridgehead atoms. The Kier molecular flexibility index (Phi) is 8.29. The highest BCUT2D eigenvalue weighted by Gasteiger charge is 2.46. The Balaban J connectivity index is 1.26. The second-order valence-electron chi connectivity index (χ2n) is 20.1. The summed E-state index contributed by atoms with van der Waals surface area (Å²) in [6, 6.07) is 65.9. The molecule has 11 rings (SSSR count). The highest BCUT2D eigenvalue weighted by molar-refractivity contribution is 6.15. The predicted molar refractivity (Wildman–Crippen MR) is 261 cm³/mol. The summed E-state index contributed by atoms with van der Waals surface area (Å²) in [6.45, 7) is 18.6. The number of fused-ring (bicyclic) bond motifs is 9. The van der Waals surface area contributed by atoms with Crippen molar-refractivity contribution < 1.29 is 4.42 Å². The fourth-order valence-electron chi connectivity index (χ4n) is 11.0. The van der Waals surface area contributed by atoms with E-state index >= 15 is 0 Å². The van der Waals surface area contributed by atoms with E-state index in [9.17, 15) is 0 Å². The van der Waals surface area contributed by atoms with Gasteiger partial charge in [-0.25, -0.2) is 0 Å². The molecule has 2 heteroatoms. The summed E-state index contributed by atoms with van der Waals surface area (Å²) in [7, 11) is 0. The molecule has 0 N–H and O–H groups in total. The van der Waals surface area contributed by atoms with Gasteiger partial charge in [0.25, 0.3) is 0 Å². The first-order valence-corrected chi connectivity index (χ1v) is 22.2. The van der Waals surface area contributed by atoms with Crippen LogP contribution in [-0.4, -0.2) is 0 Å². The van der Waals surface area contributed by atoms with Crippen LogP contribution in [0.25, 0.3) is 44.2 Å². The Hall–Kier alpha value is -6.64. The van der Waals surface area contributed by atoms with Crippen molar-refractivity contribution >= 4 is 39.0 Å². The Morgan fingerprint density at radius 2 is 1.03 bits per heavy atom. The van der Waals surface area contributed by atoms with Crippen LogP contribution in [0.4, 0.5) is 17.1 Å². The van der Waals surface area contributed by atoms with Crippen molar-refractivity contribution in [1.29, 1.82) is 0 Å². The van der Waals surface area contributed by atoms with E-state index in [-0.39, 0.29) is 16.2 Å². The fourth-order valence-corrected chi connectivity index (χ4v) is 11.0. The highest BCUT2D eigenvalue weighted by Crippen LogP contribution is 2.59. The van der Waals surface area contributed by atoms with E-state index in [2.05, 4.69) is 236 Å². The normalized spacial score (nSPS) is 14.7. The first kappa shape index (κ1) is 38.3. The molecule has 2 aliphatic carbocycles. The maximum absolute atomic E-state index is 7.05. The van der Waals surface area contributed by atoms with Crippen LogP contribution in [0.2, 0.25) is 0 Å². The highest BCUT2D eigenvalue weighted by atomic mass is 16.3. The van der Waals surface area contributed by atoms with Crippen LogP contribution in [0.3, 0.4) is 0 Å². The lowest BCUT2D eigenvalue weighted by Crippen LogP contribution is -2.28. The number of anilines is 3. The molecule has 0 fully saturated rings. The zero-order valence-corrected chi connectivity index (χ0v) is 37.1. The minimum Gasteiger partial charge on any atom is -0.456 e. The summed E-state index contributed by atoms with van der Waals surface area (Å²) >= 11 is 0. The topological polar surface area (TPSA) is 16.4 Å². The molecule has 0 spiro atoms. The lowest BCUT2D eigenvalue weighted by atomic mass is 9.67. The Morgan fingerprint density at radius 3 is 1.71 bits per heavy atom. The average Bonchev–Trinajstić information content (AvgIpc) is 3.88. The summed E-state index contributed by atoms with van der Waals surface area (Å²) in [5, 5.41) is 2.28. The lowest BCUT2D eigenvalue weighted by molar-refractivity contribution is 0.559. The summed E-state index contributed by atoms with van der Waals surface area (Å²) in [5.41, 5.74) is 19.8. The minimum atomic E-state index is -0.541. The average molecular weight is 804 g/mol. The van der Waals surface area contributed by atoms with E-state index in [1.807, 2.05) is 0 Å². The molecule has 0 saturated heterocycles. The largest absolute Gasteiger partial charge is 0.456 e. The number of hydrogen-bond acceptors (Lipinski definition) is 2. The Morgan fingerprint density at radius 1 is 0.468 bits per heavy atom. The van der Waals surface area contributed by atoms with E-state index in [1.165, 1.54) is 66.8 Å². The van der Waals surface area contributed by atoms with Crippen molar-refractivity contribution in [1.82, 2.24) is 0 Å². The van der Waals surface area contributed by atoms with E-state index in [4.69, 9.17) is 4.42 Å². The van der Waals surface area contributed by atoms with Gasteiger partial charge in [-0.15, -0.1) is 0 Å². The molecule has 1 aromatic heterocycles. The van der Waals surface area contributed by atoms with Gasteiger partial charge in [0.1, 0.15) is 11.2 Å². The third-order valence-electron chi connectivity index (χ3n) is 14.0. The van der Waals surface area contributed by atoms with Crippen molar-refractivity contribution in [3.8, 4) is 22.3 Å². The fraction of sp³-hybridized carbons (Fsp3) is 0.200. The van der Waals surface area contributed by atoms with Gasteiger partial charge in [0.05, 0.1) is 22.2 Å². The maximum atomic E-state index is 7.05. The van der Waals surface area contributed by atoms with Crippen LogP contribution in [0.1, 0.15) is 99.9 Å². The van der Waals surface area contributed by atoms with Crippen LogP contribution >= 0.6 is 0 Å². The molecule has 0 aliphatic heterocycles. The third kappa shape index (κ3) is 5.42. The smallest absolute Gasteiger partial charge is 0.139 e. The molecule has 0 unspecified atom stereocenters. The summed E-state index contributed by atoms with van der Waals surface area (Å²) < 4.78 is 7.05. The van der Waals surface area contributed by atoms with Crippen LogP contribution < -0.4 is 4.90 Å². The van der Waals surface area contributed by atoms with Crippen LogP contribution in [-0.2, 0) is 21.7 Å². The van der Waals surface area contributed by atoms with Gasteiger partial charge in [-0.3, -0.25) is 0 Å². The molecule has 0 amide bonds. The van der Waals surface area contributed by atoms with Gasteiger partial charge < -0.3 is 9.32 Å². The summed E-state index contributed by atoms with van der Waals surface area (Å²) in [5.74, 6) is 0. The minimum absolute atomic E-state index is 0.0596. The molecule has 2 nitrogen and oxygen atoms in total. The molecular formula is C60H53NO. The molecule has 9 aromatic rings. The SMILES string of the molecule is CC(C)(C)c1cc(C(C)(C)C)c2oc3cccc(N(c4cccc(C5(c6ccccc6)c6ccccc6-c6ccccc65)c4)c4cccc5c4-c4ccccc4C5(C)C)c3c2c1. The number of furan rings is 1. The third-order valence-corrected chi connectivity index (χ3v) is 14.0. The van der Waals surface area contributed by atoms with E-state index in [0.717, 1.165) is 39.0 Å². The number of hydrogen-bond donors (Lipinski definition) is 0. The van der Waals surface area contributed by atoms with Crippen molar-refractivity contribution in [3.63, 3.8) is 0 Å². The van der Waals surface area contributed by atoms with Gasteiger partial charge in [-0.05, 0) is 103 Å². The molecule has 62 heavy (non-hydrogen) atoms. The van der Waals surface area contributed by atoms with E-state index in [1.54, 1.807) is 0 Å². The van der Waals surface area contributed by atoms with Crippen LogP contribution in [0, 0.1) is 0 Å². The first-order valence-electron chi connectivity index (χ1n) is 22.2. The summed E-state index contributed by atoms with van der Waals surface area (Å²) in [4.78, 5) is 2.55. The van der Waals surface area contributed by atoms with Crippen molar-refractivity contribution in [3.05, 3.63) is 220 Å². The number of benzene rings is 8. The van der Waals surface area contributed by atoms with Crippen molar-refractivity contribution in [2.75, 3.05) is 4.90 Å². The zero-order valence-electron chi connectivity index (χ0n) is 37.1. The standard InChI is InChI=1S/C60H53NO/c1-57(2,3)40-36-45-55-52(33-20-34-53(55)62-56(45)50(37-40)58(4,5)6)61(51-32-19-31-49-54(51)44-27-14-15-28-46(44)59(49,7)8)41-24-18-23-39(35-41)60(38-21-10-9-11-22-38)47-29-16-12-25-42(47)43-26-13-17-30-48(43)60/h9-37H,1-8H3. The molecule has 8 aromatic carbocycles. The lowest BCUT2D eigenvalue weighted by Gasteiger charge is -2.35. The molecule has 0 atom stereocenters. The monoisotopic (exact) mass is 803 g/mol. The zero-order chi connectivity index (χ0) is 42.8. The molecule has 0 radical (unpaired) electrons. The van der Waals surface area contributed by atoms with Gasteiger partial charge in [-0.1, -0.05) is 195 Å². The molecule has 304 valence electrons. The molecule has 2 aliphatic rings. The van der Waals surface area contributed by atoms with Crippen LogP contribution in [0.15, 0.2) is 180 Å². The quantitative estimate of drug-likeness (QED) is 0.172. The predicted octanol–water partition coefficient (Wildman–Crippen LogP) is 16.3. The number of nitrogens with zero attached hydrogens (tertiary/aromatic N) is 1. The van der Waals surface area contributed by atoms with E-state index in [0.29, 0.717) is 0 Å². The van der Waals surface area contributed by atoms with Crippen molar-refractivity contribution in [2.45, 2.75) is 77.0 Å². The molecule has 1 heterocycles. The van der Waals surface area contributed by atoms with E-state index < -0.39 is 5.41 Å². The van der Waals surface area contributed by atoms with Crippen LogP contribution in [0.5, 0.6) is 0 Å². The van der Waals surface area contributed by atoms with Gasteiger partial charge in [-0.2, -0.15) is 0 Å². The maximum Gasteiger partial charge on any atom is 0.139 e. The van der Waals surface area contributed by atoms with Gasteiger partial charge in [0, 0.05) is 27.6 Å². The van der Waals surface area contributed by atoms with Crippen molar-refractivity contribution in [2.24, 2.45) is 0 Å². The summed E-state index contributed by atoms with van der Waals surface area (Å²) in [6.07, 6.45) is 0. The van der Waals surface area contributed by atoms with Gasteiger partial charge in [0.2, 0.25) is 0 Å². The van der Waals surface area contributed by atoms with Gasteiger partial charge >= 0.3 is 0 Å². The second-order valence-corrected chi connectivity index (χ2v) is 20.1. The van der Waals surface area contributed by atoms with Gasteiger partial charge in [0.15, 0.2) is 0 Å². The number of rotatable bonds is 5.